The lowest BCUT2D eigenvalue weighted by atomic mass is 9.99. The standard InChI is InChI=1S/C25H27FN4O2/c1-14-19(12-17-16-11-15(26)6-7-18(16)28-24(17)31)27-20-13-22(29-8-2-3-9-29)21-5-4-10-30(21)25(32)23(14)20/h6-7,11-12,21-22,27H,2-5,8-10,13H2,1H3,(H,28,31)/b17-12-/t21-,22?/m0/s1. The van der Waals surface area contributed by atoms with Crippen LogP contribution >= 0.6 is 0 Å². The number of likely N-dealkylation sites (tertiary alicyclic amines) is 1. The van der Waals surface area contributed by atoms with Crippen LogP contribution in [0.4, 0.5) is 10.1 Å². The van der Waals surface area contributed by atoms with Gasteiger partial charge in [0.1, 0.15) is 5.82 Å². The Morgan fingerprint density at radius 2 is 1.91 bits per heavy atom. The third-order valence-corrected chi connectivity index (χ3v) is 7.66. The van der Waals surface area contributed by atoms with Gasteiger partial charge in [-0.05, 0) is 75.5 Å². The van der Waals surface area contributed by atoms with Crippen molar-refractivity contribution in [2.24, 2.45) is 0 Å². The van der Waals surface area contributed by atoms with Gasteiger partial charge in [-0.15, -0.1) is 0 Å². The molecule has 6 rings (SSSR count). The number of carbonyl (C=O) groups excluding carboxylic acids is 2. The number of nitrogens with one attached hydrogen (secondary N) is 2. The topological polar surface area (TPSA) is 68.4 Å². The number of H-pyrrole nitrogens is 1. The number of hydrogen-bond acceptors (Lipinski definition) is 3. The molecule has 7 heteroatoms. The third kappa shape index (κ3) is 2.94. The van der Waals surface area contributed by atoms with Gasteiger partial charge in [-0.3, -0.25) is 14.5 Å². The van der Waals surface area contributed by atoms with E-state index in [9.17, 15) is 14.0 Å². The first kappa shape index (κ1) is 19.7. The Morgan fingerprint density at radius 1 is 1.09 bits per heavy atom. The number of hydrogen-bond donors (Lipinski definition) is 2. The molecule has 2 atom stereocenters. The molecule has 4 aliphatic rings. The van der Waals surface area contributed by atoms with Gasteiger partial charge >= 0.3 is 0 Å². The van der Waals surface area contributed by atoms with Crippen molar-refractivity contribution in [3.63, 3.8) is 0 Å². The Morgan fingerprint density at radius 3 is 2.72 bits per heavy atom. The number of anilines is 1. The Balaban J connectivity index is 1.43. The van der Waals surface area contributed by atoms with Gasteiger partial charge in [0.05, 0.1) is 11.1 Å². The fourth-order valence-corrected chi connectivity index (χ4v) is 6.09. The van der Waals surface area contributed by atoms with Crippen LogP contribution in [0.3, 0.4) is 0 Å². The first-order chi connectivity index (χ1) is 15.5. The van der Waals surface area contributed by atoms with Crippen molar-refractivity contribution in [3.05, 3.63) is 52.1 Å². The molecule has 6 nitrogen and oxygen atoms in total. The number of benzene rings is 1. The average Bonchev–Trinajstić information content (AvgIpc) is 3.54. The molecule has 2 aromatic rings. The lowest BCUT2D eigenvalue weighted by Gasteiger charge is -2.35. The molecule has 1 aromatic heterocycles. The molecular formula is C25H27FN4O2. The summed E-state index contributed by atoms with van der Waals surface area (Å²) in [6, 6.07) is 4.91. The molecule has 2 amide bonds. The Labute approximate surface area is 186 Å². The highest BCUT2D eigenvalue weighted by Gasteiger charge is 2.43. The maximum Gasteiger partial charge on any atom is 0.256 e. The number of fused-ring (bicyclic) bond motifs is 3. The van der Waals surface area contributed by atoms with E-state index >= 15 is 0 Å². The van der Waals surface area contributed by atoms with E-state index in [4.69, 9.17) is 0 Å². The fraction of sp³-hybridized carbons (Fsp3) is 0.440. The molecule has 0 spiro atoms. The molecule has 2 N–H and O–H groups in total. The van der Waals surface area contributed by atoms with Gasteiger partial charge in [-0.1, -0.05) is 0 Å². The normalized spacial score (nSPS) is 26.3. The minimum atomic E-state index is -0.381. The van der Waals surface area contributed by atoms with Gasteiger partial charge < -0.3 is 15.2 Å². The minimum absolute atomic E-state index is 0.102. The number of amides is 2. The zero-order valence-electron chi connectivity index (χ0n) is 18.2. The molecule has 4 aliphatic heterocycles. The van der Waals surface area contributed by atoms with Crippen LogP contribution in [0.1, 0.15) is 58.6 Å². The predicted molar refractivity (Wildman–Crippen MR) is 121 cm³/mol. The number of halogens is 1. The smallest absolute Gasteiger partial charge is 0.256 e. The zero-order chi connectivity index (χ0) is 22.0. The summed E-state index contributed by atoms with van der Waals surface area (Å²) in [5.41, 5.74) is 4.92. The molecule has 2 saturated heterocycles. The summed E-state index contributed by atoms with van der Waals surface area (Å²) >= 11 is 0. The van der Waals surface area contributed by atoms with Crippen LogP contribution in [-0.4, -0.2) is 58.3 Å². The van der Waals surface area contributed by atoms with Crippen molar-refractivity contribution in [2.45, 2.75) is 51.1 Å². The monoisotopic (exact) mass is 434 g/mol. The van der Waals surface area contributed by atoms with E-state index in [1.807, 2.05) is 6.92 Å². The van der Waals surface area contributed by atoms with Crippen LogP contribution in [0.2, 0.25) is 0 Å². The molecule has 32 heavy (non-hydrogen) atoms. The van der Waals surface area contributed by atoms with E-state index in [-0.39, 0.29) is 23.7 Å². The summed E-state index contributed by atoms with van der Waals surface area (Å²) in [5.74, 6) is -0.533. The van der Waals surface area contributed by atoms with Crippen molar-refractivity contribution >= 4 is 29.2 Å². The van der Waals surface area contributed by atoms with Crippen LogP contribution in [0, 0.1) is 12.7 Å². The van der Waals surface area contributed by atoms with E-state index in [1.54, 1.807) is 12.1 Å². The summed E-state index contributed by atoms with van der Waals surface area (Å²) in [7, 11) is 0. The summed E-state index contributed by atoms with van der Waals surface area (Å²) < 4.78 is 13.8. The van der Waals surface area contributed by atoms with E-state index in [1.165, 1.54) is 25.0 Å². The van der Waals surface area contributed by atoms with E-state index in [0.717, 1.165) is 61.4 Å². The van der Waals surface area contributed by atoms with Crippen molar-refractivity contribution in [3.8, 4) is 0 Å². The van der Waals surface area contributed by atoms with Crippen molar-refractivity contribution in [1.29, 1.82) is 0 Å². The van der Waals surface area contributed by atoms with Gasteiger partial charge in [0.2, 0.25) is 0 Å². The molecule has 1 aromatic carbocycles. The summed E-state index contributed by atoms with van der Waals surface area (Å²) in [5, 5.41) is 2.80. The Kier molecular flexibility index (Phi) is 4.50. The number of carbonyl (C=O) groups is 2. The summed E-state index contributed by atoms with van der Waals surface area (Å²) in [6.07, 6.45) is 7.13. The molecule has 0 saturated carbocycles. The van der Waals surface area contributed by atoms with E-state index in [0.29, 0.717) is 22.9 Å². The van der Waals surface area contributed by atoms with Crippen LogP contribution < -0.4 is 5.32 Å². The molecule has 2 fully saturated rings. The fourth-order valence-electron chi connectivity index (χ4n) is 6.09. The zero-order valence-corrected chi connectivity index (χ0v) is 18.2. The molecular weight excluding hydrogens is 407 g/mol. The lowest BCUT2D eigenvalue weighted by Crippen LogP contribution is -2.49. The van der Waals surface area contributed by atoms with Gasteiger partial charge in [0, 0.05) is 47.7 Å². The van der Waals surface area contributed by atoms with E-state index < -0.39 is 0 Å². The molecule has 0 bridgehead atoms. The number of aromatic nitrogens is 1. The Hall–Kier alpha value is -2.93. The van der Waals surface area contributed by atoms with E-state index in [2.05, 4.69) is 20.1 Å². The first-order valence-corrected chi connectivity index (χ1v) is 11.6. The average molecular weight is 435 g/mol. The molecule has 0 radical (unpaired) electrons. The number of nitrogens with zero attached hydrogens (tertiary/aromatic N) is 2. The SMILES string of the molecule is Cc1c(/C=C2\C(=O)Nc3ccc(F)cc32)[nH]c2c1C(=O)N1CCC[C@H]1C(N1CCCC1)C2. The van der Waals surface area contributed by atoms with Gasteiger partial charge in [-0.2, -0.15) is 0 Å². The van der Waals surface area contributed by atoms with Gasteiger partial charge in [-0.25, -0.2) is 4.39 Å². The third-order valence-electron chi connectivity index (χ3n) is 7.66. The van der Waals surface area contributed by atoms with Crippen LogP contribution in [0.15, 0.2) is 18.2 Å². The highest BCUT2D eigenvalue weighted by molar-refractivity contribution is 6.34. The maximum absolute atomic E-state index is 13.8. The number of aromatic amines is 1. The predicted octanol–water partition coefficient (Wildman–Crippen LogP) is 3.58. The lowest BCUT2D eigenvalue weighted by molar-refractivity contribution is -0.110. The molecule has 1 unspecified atom stereocenters. The summed E-state index contributed by atoms with van der Waals surface area (Å²) in [6.45, 7) is 4.94. The van der Waals surface area contributed by atoms with Crippen molar-refractivity contribution < 1.29 is 14.0 Å². The van der Waals surface area contributed by atoms with Crippen LogP contribution in [0.5, 0.6) is 0 Å². The van der Waals surface area contributed by atoms with Gasteiger partial charge in [0.25, 0.3) is 11.8 Å². The van der Waals surface area contributed by atoms with Crippen molar-refractivity contribution in [1.82, 2.24) is 14.8 Å². The van der Waals surface area contributed by atoms with Crippen molar-refractivity contribution in [2.75, 3.05) is 25.0 Å². The molecule has 166 valence electrons. The van der Waals surface area contributed by atoms with Crippen LogP contribution in [-0.2, 0) is 11.2 Å². The minimum Gasteiger partial charge on any atom is -0.358 e. The maximum atomic E-state index is 13.8. The van der Waals surface area contributed by atoms with Gasteiger partial charge in [0.15, 0.2) is 0 Å². The highest BCUT2D eigenvalue weighted by atomic mass is 19.1. The molecule has 0 aliphatic carbocycles. The second kappa shape index (κ2) is 7.30. The quantitative estimate of drug-likeness (QED) is 0.710. The largest absolute Gasteiger partial charge is 0.358 e. The second-order valence-electron chi connectivity index (χ2n) is 9.44. The first-order valence-electron chi connectivity index (χ1n) is 11.6. The van der Waals surface area contributed by atoms with Crippen LogP contribution in [0.25, 0.3) is 11.6 Å². The summed E-state index contributed by atoms with van der Waals surface area (Å²) in [4.78, 5) is 34.3. The number of rotatable bonds is 2. The second-order valence-corrected chi connectivity index (χ2v) is 9.44. The Bertz CT molecular complexity index is 1160. The highest BCUT2D eigenvalue weighted by Crippen LogP contribution is 2.38. The molecule has 5 heterocycles.